The van der Waals surface area contributed by atoms with Crippen molar-refractivity contribution in [2.45, 2.75) is 6.42 Å². The Bertz CT molecular complexity index is 426. The minimum absolute atomic E-state index is 0.243. The van der Waals surface area contributed by atoms with E-state index in [4.69, 9.17) is 0 Å². The van der Waals surface area contributed by atoms with E-state index < -0.39 is 0 Å². The van der Waals surface area contributed by atoms with Gasteiger partial charge < -0.3 is 15.1 Å². The first-order valence-electron chi connectivity index (χ1n) is 6.21. The fraction of sp³-hybridized carbons (Fsp3) is 0.462. The molecule has 0 aromatic heterocycles. The fourth-order valence-corrected chi connectivity index (χ4v) is 2.44. The van der Waals surface area contributed by atoms with E-state index in [-0.39, 0.29) is 5.91 Å². The summed E-state index contributed by atoms with van der Waals surface area (Å²) in [6.45, 7) is 4.92. The van der Waals surface area contributed by atoms with Gasteiger partial charge in [0.1, 0.15) is 0 Å². The molecule has 90 valence electrons. The van der Waals surface area contributed by atoms with Crippen LogP contribution in [0.5, 0.6) is 0 Å². The molecule has 2 fully saturated rings. The highest BCUT2D eigenvalue weighted by molar-refractivity contribution is 6.02. The van der Waals surface area contributed by atoms with Gasteiger partial charge in [-0.2, -0.15) is 0 Å². The molecule has 0 aliphatic carbocycles. The van der Waals surface area contributed by atoms with Crippen molar-refractivity contribution in [1.29, 1.82) is 0 Å². The summed E-state index contributed by atoms with van der Waals surface area (Å²) in [4.78, 5) is 15.8. The molecule has 2 aliphatic rings. The summed E-state index contributed by atoms with van der Waals surface area (Å²) in [5.74, 6) is 0.243. The Balaban J connectivity index is 1.89. The zero-order valence-corrected chi connectivity index (χ0v) is 9.85. The minimum atomic E-state index is 0.243. The van der Waals surface area contributed by atoms with E-state index in [1.54, 1.807) is 0 Å². The standard InChI is InChI=1S/C13H17N3O/c17-13-5-8-16(13)12-4-2-1-3-11(12)15-9-6-14-7-10-15/h1-4,14H,5-10H2. The first-order valence-corrected chi connectivity index (χ1v) is 6.21. The molecule has 2 saturated heterocycles. The van der Waals surface area contributed by atoms with Gasteiger partial charge in [0.2, 0.25) is 5.91 Å². The Labute approximate surface area is 101 Å². The first kappa shape index (κ1) is 10.6. The Kier molecular flexibility index (Phi) is 2.73. The molecule has 2 heterocycles. The second-order valence-corrected chi connectivity index (χ2v) is 4.52. The first-order chi connectivity index (χ1) is 8.36. The van der Waals surface area contributed by atoms with Gasteiger partial charge in [0, 0.05) is 39.1 Å². The normalized spacial score (nSPS) is 20.4. The second kappa shape index (κ2) is 4.37. The van der Waals surface area contributed by atoms with Crippen molar-refractivity contribution < 1.29 is 4.79 Å². The number of anilines is 2. The highest BCUT2D eigenvalue weighted by Gasteiger charge is 2.28. The van der Waals surface area contributed by atoms with E-state index in [0.717, 1.165) is 38.4 Å². The molecule has 4 nitrogen and oxygen atoms in total. The van der Waals surface area contributed by atoms with Crippen LogP contribution in [-0.2, 0) is 4.79 Å². The lowest BCUT2D eigenvalue weighted by molar-refractivity contribution is -0.122. The molecule has 0 spiro atoms. The molecule has 0 atom stereocenters. The Morgan fingerprint density at radius 1 is 1.00 bits per heavy atom. The number of para-hydroxylation sites is 2. The van der Waals surface area contributed by atoms with E-state index >= 15 is 0 Å². The number of benzene rings is 1. The molecule has 1 amide bonds. The lowest BCUT2D eigenvalue weighted by Gasteiger charge is -2.37. The lowest BCUT2D eigenvalue weighted by Crippen LogP contribution is -2.47. The van der Waals surface area contributed by atoms with Crippen molar-refractivity contribution >= 4 is 17.3 Å². The highest BCUT2D eigenvalue weighted by atomic mass is 16.2. The van der Waals surface area contributed by atoms with Crippen LogP contribution in [0.15, 0.2) is 24.3 Å². The monoisotopic (exact) mass is 231 g/mol. The van der Waals surface area contributed by atoms with Crippen LogP contribution in [0, 0.1) is 0 Å². The molecular weight excluding hydrogens is 214 g/mol. The molecule has 2 aliphatic heterocycles. The number of hydrogen-bond donors (Lipinski definition) is 1. The predicted molar refractivity (Wildman–Crippen MR) is 68.5 cm³/mol. The van der Waals surface area contributed by atoms with Crippen LogP contribution in [-0.4, -0.2) is 38.6 Å². The van der Waals surface area contributed by atoms with Crippen molar-refractivity contribution in [3.05, 3.63) is 24.3 Å². The Hall–Kier alpha value is -1.55. The fourth-order valence-electron chi connectivity index (χ4n) is 2.44. The van der Waals surface area contributed by atoms with E-state index in [0.29, 0.717) is 6.42 Å². The molecule has 17 heavy (non-hydrogen) atoms. The SMILES string of the molecule is O=C1CCN1c1ccccc1N1CCNCC1. The van der Waals surface area contributed by atoms with Crippen LogP contribution in [0.4, 0.5) is 11.4 Å². The van der Waals surface area contributed by atoms with Gasteiger partial charge in [-0.25, -0.2) is 0 Å². The van der Waals surface area contributed by atoms with Crippen LogP contribution in [0.3, 0.4) is 0 Å². The van der Waals surface area contributed by atoms with E-state index in [2.05, 4.69) is 22.3 Å². The number of piperazine rings is 1. The van der Waals surface area contributed by atoms with Crippen LogP contribution in [0.1, 0.15) is 6.42 Å². The van der Waals surface area contributed by atoms with Crippen LogP contribution in [0.2, 0.25) is 0 Å². The number of β-lactam (4-membered cyclic amide) rings is 1. The lowest BCUT2D eigenvalue weighted by atomic mass is 10.1. The number of rotatable bonds is 2. The predicted octanol–water partition coefficient (Wildman–Crippen LogP) is 0.833. The second-order valence-electron chi connectivity index (χ2n) is 4.52. The summed E-state index contributed by atoms with van der Waals surface area (Å²) in [5.41, 5.74) is 2.27. The van der Waals surface area contributed by atoms with Gasteiger partial charge in [-0.1, -0.05) is 12.1 Å². The maximum absolute atomic E-state index is 11.6. The quantitative estimate of drug-likeness (QED) is 0.766. The van der Waals surface area contributed by atoms with Crippen molar-refractivity contribution in [3.8, 4) is 0 Å². The Morgan fingerprint density at radius 2 is 1.71 bits per heavy atom. The van der Waals surface area contributed by atoms with E-state index in [9.17, 15) is 4.79 Å². The number of hydrogen-bond acceptors (Lipinski definition) is 3. The summed E-state index contributed by atoms with van der Waals surface area (Å²) in [6, 6.07) is 8.22. The van der Waals surface area contributed by atoms with Crippen molar-refractivity contribution in [2.24, 2.45) is 0 Å². The maximum Gasteiger partial charge on any atom is 0.228 e. The van der Waals surface area contributed by atoms with Crippen molar-refractivity contribution in [2.75, 3.05) is 42.5 Å². The molecule has 1 N–H and O–H groups in total. The number of nitrogens with one attached hydrogen (secondary N) is 1. The van der Waals surface area contributed by atoms with Gasteiger partial charge in [0.25, 0.3) is 0 Å². The maximum atomic E-state index is 11.6. The summed E-state index contributed by atoms with van der Waals surface area (Å²) in [5, 5.41) is 3.35. The van der Waals surface area contributed by atoms with Gasteiger partial charge in [-0.3, -0.25) is 4.79 Å². The number of nitrogens with zero attached hydrogens (tertiary/aromatic N) is 2. The number of amides is 1. The van der Waals surface area contributed by atoms with Crippen LogP contribution < -0.4 is 15.1 Å². The molecule has 0 unspecified atom stereocenters. The average molecular weight is 231 g/mol. The number of carbonyl (C=O) groups is 1. The topological polar surface area (TPSA) is 35.6 Å². The van der Waals surface area contributed by atoms with E-state index in [1.807, 2.05) is 17.0 Å². The molecule has 1 aromatic carbocycles. The minimum Gasteiger partial charge on any atom is -0.367 e. The van der Waals surface area contributed by atoms with Gasteiger partial charge in [-0.05, 0) is 12.1 Å². The Morgan fingerprint density at radius 3 is 2.29 bits per heavy atom. The van der Waals surface area contributed by atoms with Gasteiger partial charge in [-0.15, -0.1) is 0 Å². The zero-order valence-electron chi connectivity index (χ0n) is 9.85. The van der Waals surface area contributed by atoms with Gasteiger partial charge >= 0.3 is 0 Å². The molecule has 0 radical (unpaired) electrons. The largest absolute Gasteiger partial charge is 0.367 e. The third-order valence-corrected chi connectivity index (χ3v) is 3.48. The molecule has 1 aromatic rings. The molecule has 0 saturated carbocycles. The van der Waals surface area contributed by atoms with Crippen LogP contribution in [0.25, 0.3) is 0 Å². The summed E-state index contributed by atoms with van der Waals surface area (Å²) in [6.07, 6.45) is 0.690. The zero-order chi connectivity index (χ0) is 11.7. The highest BCUT2D eigenvalue weighted by Crippen LogP contribution is 2.32. The van der Waals surface area contributed by atoms with E-state index in [1.165, 1.54) is 5.69 Å². The smallest absolute Gasteiger partial charge is 0.228 e. The average Bonchev–Trinajstić information content (AvgIpc) is 2.39. The van der Waals surface area contributed by atoms with Gasteiger partial charge in [0.05, 0.1) is 11.4 Å². The molecule has 3 rings (SSSR count). The third kappa shape index (κ3) is 1.89. The van der Waals surface area contributed by atoms with Crippen LogP contribution >= 0.6 is 0 Å². The van der Waals surface area contributed by atoms with Gasteiger partial charge in [0.15, 0.2) is 0 Å². The molecular formula is C13H17N3O. The summed E-state index contributed by atoms with van der Waals surface area (Å²) < 4.78 is 0. The van der Waals surface area contributed by atoms with Crippen molar-refractivity contribution in [3.63, 3.8) is 0 Å². The summed E-state index contributed by atoms with van der Waals surface area (Å²) >= 11 is 0. The number of carbonyl (C=O) groups excluding carboxylic acids is 1. The van der Waals surface area contributed by atoms with Crippen molar-refractivity contribution in [1.82, 2.24) is 5.32 Å². The molecule has 4 heteroatoms. The molecule has 0 bridgehead atoms. The summed E-state index contributed by atoms with van der Waals surface area (Å²) in [7, 11) is 0. The third-order valence-electron chi connectivity index (χ3n) is 3.48.